The molecule has 10 nitrogen and oxygen atoms in total. The number of unbranched alkanes of at least 4 members (excludes halogenated alkanes) is 2. The van der Waals surface area contributed by atoms with Crippen LogP contribution < -0.4 is 0 Å². The van der Waals surface area contributed by atoms with Crippen LogP contribution >= 0.6 is 0 Å². The largest absolute Gasteiger partial charge is 0.481 e. The molecule has 3 unspecified atom stereocenters. The Bertz CT molecular complexity index is 640. The maximum Gasteiger partial charge on any atom is 0.307 e. The van der Waals surface area contributed by atoms with Crippen molar-refractivity contribution in [2.45, 2.75) is 93.4 Å². The smallest absolute Gasteiger partial charge is 0.307 e. The van der Waals surface area contributed by atoms with Crippen molar-refractivity contribution in [2.75, 3.05) is 0 Å². The summed E-state index contributed by atoms with van der Waals surface area (Å²) in [5.74, 6) is -5.93. The van der Waals surface area contributed by atoms with Crippen LogP contribution in [0.4, 0.5) is 0 Å². The molecule has 0 aromatic heterocycles. The van der Waals surface area contributed by atoms with E-state index in [1.807, 2.05) is 13.8 Å². The van der Waals surface area contributed by atoms with Crippen LogP contribution in [0.2, 0.25) is 0 Å². The molecule has 0 aliphatic heterocycles. The summed E-state index contributed by atoms with van der Waals surface area (Å²) in [5.41, 5.74) is 0. The second-order valence-electron chi connectivity index (χ2n) is 9.59. The Balaban J connectivity index is -0.000000439. The van der Waals surface area contributed by atoms with Crippen molar-refractivity contribution in [3.05, 3.63) is 0 Å². The van der Waals surface area contributed by atoms with E-state index in [2.05, 4.69) is 6.92 Å². The van der Waals surface area contributed by atoms with Gasteiger partial charge < -0.3 is 25.5 Å². The van der Waals surface area contributed by atoms with Gasteiger partial charge in [-0.15, -0.1) is 0 Å². The standard InChI is InChI=1S/C10H20O2.C8H14O4.C7H12O4/c1-4-5-6-7-9(8(2)3)10(11)12;1-5(2)6(8(11)12)3-4-7(9)10;1-4(2)5(7(10)11)3-6(8)9/h8-9H,4-7H2,1-3H3,(H,11,12);5-6H,3-4H2,1-2H3,(H,9,10)(H,11,12);4-5H,3H2,1-2H3,(H,8,9)(H,10,11). The van der Waals surface area contributed by atoms with Crippen molar-refractivity contribution in [1.29, 1.82) is 0 Å². The summed E-state index contributed by atoms with van der Waals surface area (Å²) in [5, 5.41) is 42.7. The Labute approximate surface area is 208 Å². The van der Waals surface area contributed by atoms with E-state index in [4.69, 9.17) is 25.5 Å². The van der Waals surface area contributed by atoms with Gasteiger partial charge in [-0.1, -0.05) is 67.7 Å². The van der Waals surface area contributed by atoms with Crippen LogP contribution in [-0.4, -0.2) is 55.4 Å². The van der Waals surface area contributed by atoms with E-state index >= 15 is 0 Å². The van der Waals surface area contributed by atoms with Crippen molar-refractivity contribution >= 4 is 29.8 Å². The molecule has 0 saturated carbocycles. The number of aliphatic carboxylic acids is 5. The van der Waals surface area contributed by atoms with Gasteiger partial charge in [0.05, 0.1) is 24.2 Å². The summed E-state index contributed by atoms with van der Waals surface area (Å²) in [6, 6.07) is 0. The van der Waals surface area contributed by atoms with Crippen LogP contribution in [0.5, 0.6) is 0 Å². The number of carboxylic acids is 5. The molecule has 5 N–H and O–H groups in total. The molecule has 0 heterocycles. The summed E-state index contributed by atoms with van der Waals surface area (Å²) in [7, 11) is 0. The molecule has 35 heavy (non-hydrogen) atoms. The third kappa shape index (κ3) is 21.6. The molecular formula is C25H46O10. The Hall–Kier alpha value is -2.65. The molecule has 0 spiro atoms. The van der Waals surface area contributed by atoms with E-state index < -0.39 is 41.7 Å². The fourth-order valence-corrected chi connectivity index (χ4v) is 3.17. The molecule has 0 radical (unpaired) electrons. The second-order valence-corrected chi connectivity index (χ2v) is 9.59. The zero-order valence-corrected chi connectivity index (χ0v) is 22.2. The topological polar surface area (TPSA) is 186 Å². The fraction of sp³-hybridized carbons (Fsp3) is 0.800. The SMILES string of the molecule is CC(C)C(CC(=O)O)C(=O)O.CC(C)C(CCC(=O)O)C(=O)O.CCCCCC(C(=O)O)C(C)C. The highest BCUT2D eigenvalue weighted by Gasteiger charge is 2.24. The van der Waals surface area contributed by atoms with E-state index in [0.29, 0.717) is 0 Å². The van der Waals surface area contributed by atoms with Crippen molar-refractivity contribution in [2.24, 2.45) is 35.5 Å². The number of hydrogen-bond acceptors (Lipinski definition) is 5. The molecule has 0 rings (SSSR count). The maximum absolute atomic E-state index is 10.7. The molecule has 0 bridgehead atoms. The zero-order chi connectivity index (χ0) is 28.3. The van der Waals surface area contributed by atoms with Gasteiger partial charge in [0.1, 0.15) is 0 Å². The number of rotatable bonds is 15. The number of carbonyl (C=O) groups is 5. The van der Waals surface area contributed by atoms with Gasteiger partial charge in [0.2, 0.25) is 0 Å². The lowest BCUT2D eigenvalue weighted by atomic mass is 9.90. The Morgan fingerprint density at radius 1 is 0.543 bits per heavy atom. The first-order valence-electron chi connectivity index (χ1n) is 12.1. The first-order valence-corrected chi connectivity index (χ1v) is 12.1. The van der Waals surface area contributed by atoms with Crippen LogP contribution in [0.15, 0.2) is 0 Å². The van der Waals surface area contributed by atoms with Crippen LogP contribution in [-0.2, 0) is 24.0 Å². The fourth-order valence-electron chi connectivity index (χ4n) is 3.17. The molecule has 3 atom stereocenters. The molecule has 0 aromatic rings. The van der Waals surface area contributed by atoms with E-state index in [1.54, 1.807) is 27.7 Å². The summed E-state index contributed by atoms with van der Waals surface area (Å²) in [6.45, 7) is 13.0. The van der Waals surface area contributed by atoms with Crippen LogP contribution in [0, 0.1) is 35.5 Å². The minimum Gasteiger partial charge on any atom is -0.481 e. The minimum atomic E-state index is -1.06. The second kappa shape index (κ2) is 20.7. The van der Waals surface area contributed by atoms with Gasteiger partial charge in [0.15, 0.2) is 0 Å². The lowest BCUT2D eigenvalue weighted by Gasteiger charge is -2.15. The lowest BCUT2D eigenvalue weighted by Crippen LogP contribution is -2.22. The van der Waals surface area contributed by atoms with Crippen molar-refractivity contribution in [1.82, 2.24) is 0 Å². The molecule has 0 amide bonds. The van der Waals surface area contributed by atoms with Gasteiger partial charge in [-0.2, -0.15) is 0 Å². The quantitative estimate of drug-likeness (QED) is 0.190. The molecule has 0 aliphatic rings. The van der Waals surface area contributed by atoms with E-state index in [-0.39, 0.29) is 42.9 Å². The molecule has 0 aliphatic carbocycles. The summed E-state index contributed by atoms with van der Waals surface area (Å²) in [6.07, 6.45) is 4.03. The Morgan fingerprint density at radius 2 is 0.914 bits per heavy atom. The molecule has 0 aromatic carbocycles. The monoisotopic (exact) mass is 506 g/mol. The highest BCUT2D eigenvalue weighted by Crippen LogP contribution is 2.19. The molecule has 0 saturated heterocycles. The van der Waals surface area contributed by atoms with Crippen molar-refractivity contribution in [3.8, 4) is 0 Å². The van der Waals surface area contributed by atoms with Crippen LogP contribution in [0.1, 0.15) is 93.4 Å². The first-order chi connectivity index (χ1) is 16.0. The number of carboxylic acid groups (broad SMARTS) is 5. The van der Waals surface area contributed by atoms with Crippen molar-refractivity contribution in [3.63, 3.8) is 0 Å². The Kier molecular flexibility index (Phi) is 21.8. The van der Waals surface area contributed by atoms with Crippen LogP contribution in [0.25, 0.3) is 0 Å². The van der Waals surface area contributed by atoms with Gasteiger partial charge in [0, 0.05) is 6.42 Å². The predicted molar refractivity (Wildman–Crippen MR) is 131 cm³/mol. The molecular weight excluding hydrogens is 460 g/mol. The third-order valence-corrected chi connectivity index (χ3v) is 5.55. The first kappa shape index (κ1) is 36.9. The molecule has 0 fully saturated rings. The third-order valence-electron chi connectivity index (χ3n) is 5.55. The van der Waals surface area contributed by atoms with Gasteiger partial charge in [0.25, 0.3) is 0 Å². The van der Waals surface area contributed by atoms with E-state index in [9.17, 15) is 24.0 Å². The normalized spacial score (nSPS) is 13.1. The van der Waals surface area contributed by atoms with Crippen LogP contribution in [0.3, 0.4) is 0 Å². The van der Waals surface area contributed by atoms with E-state index in [1.165, 1.54) is 0 Å². The van der Waals surface area contributed by atoms with Crippen molar-refractivity contribution < 1.29 is 49.5 Å². The lowest BCUT2D eigenvalue weighted by molar-refractivity contribution is -0.149. The predicted octanol–water partition coefficient (Wildman–Crippen LogP) is 4.95. The van der Waals surface area contributed by atoms with E-state index in [0.717, 1.165) is 25.7 Å². The summed E-state index contributed by atoms with van der Waals surface area (Å²) >= 11 is 0. The average molecular weight is 507 g/mol. The van der Waals surface area contributed by atoms with Gasteiger partial charge >= 0.3 is 29.8 Å². The summed E-state index contributed by atoms with van der Waals surface area (Å²) < 4.78 is 0. The average Bonchev–Trinajstić information content (AvgIpc) is 2.68. The van der Waals surface area contributed by atoms with Gasteiger partial charge in [-0.3, -0.25) is 24.0 Å². The molecule has 206 valence electrons. The highest BCUT2D eigenvalue weighted by molar-refractivity contribution is 5.77. The highest BCUT2D eigenvalue weighted by atomic mass is 16.4. The maximum atomic E-state index is 10.7. The Morgan fingerprint density at radius 3 is 1.14 bits per heavy atom. The van der Waals surface area contributed by atoms with Gasteiger partial charge in [-0.05, 0) is 30.6 Å². The minimum absolute atomic E-state index is 0.0122. The van der Waals surface area contributed by atoms with Gasteiger partial charge in [-0.25, -0.2) is 0 Å². The zero-order valence-electron chi connectivity index (χ0n) is 22.2. The number of hydrogen-bond donors (Lipinski definition) is 5. The molecule has 10 heteroatoms. The summed E-state index contributed by atoms with van der Waals surface area (Å²) in [4.78, 5) is 52.0.